The van der Waals surface area contributed by atoms with Crippen LogP contribution in [-0.2, 0) is 0 Å². The first-order valence-corrected chi connectivity index (χ1v) is 8.67. The lowest BCUT2D eigenvalue weighted by Crippen LogP contribution is -2.41. The maximum atomic E-state index is 13.8. The lowest BCUT2D eigenvalue weighted by atomic mass is 9.88. The number of nitrogens with one attached hydrogen (secondary N) is 1. The third kappa shape index (κ3) is 4.31. The average molecular weight is 368 g/mol. The Morgan fingerprint density at radius 2 is 2.15 bits per heavy atom. The number of aliphatic imine (C=N–C) groups is 1. The molecule has 1 atom stereocenters. The van der Waals surface area contributed by atoms with Gasteiger partial charge in [-0.15, -0.1) is 0 Å². The predicted octanol–water partition coefficient (Wildman–Crippen LogP) is 3.13. The van der Waals surface area contributed by atoms with E-state index in [2.05, 4.69) is 15.3 Å². The van der Waals surface area contributed by atoms with E-state index in [1.165, 1.54) is 24.5 Å². The summed E-state index contributed by atoms with van der Waals surface area (Å²) in [4.78, 5) is 20.9. The van der Waals surface area contributed by atoms with Gasteiger partial charge in [-0.05, 0) is 55.7 Å². The molecule has 1 fully saturated rings. The molecule has 0 aliphatic heterocycles. The number of hydrogen-bond donors (Lipinski definition) is 2. The lowest BCUT2D eigenvalue weighted by molar-refractivity contribution is 0.0931. The zero-order valence-electron chi connectivity index (χ0n) is 15.0. The van der Waals surface area contributed by atoms with Crippen LogP contribution in [0.3, 0.4) is 0 Å². The standard InChI is InChI=1S/C20H21FN4O2/c1-27-14-9-7-13(8-10-14)24-17-5-2-6-18(15(17)12-22)25-20(26)19-16(21)4-3-11-23-19/h3-4,7-12,18H,2,5-6,22H2,1H3,(H,25,26)/b15-12+,24-17?. The van der Waals surface area contributed by atoms with Gasteiger partial charge in [0.1, 0.15) is 5.75 Å². The number of carbonyl (C=O) groups is 1. The highest BCUT2D eigenvalue weighted by atomic mass is 19.1. The number of hydrogen-bond acceptors (Lipinski definition) is 5. The van der Waals surface area contributed by atoms with E-state index in [9.17, 15) is 9.18 Å². The SMILES string of the molecule is COc1ccc(N=C2CCCC(NC(=O)c3ncccc3F)/C2=C/N)cc1. The normalized spacial score (nSPS) is 19.9. The zero-order valence-corrected chi connectivity index (χ0v) is 15.0. The first-order valence-electron chi connectivity index (χ1n) is 8.67. The van der Waals surface area contributed by atoms with Gasteiger partial charge < -0.3 is 15.8 Å². The van der Waals surface area contributed by atoms with Crippen LogP contribution in [0.5, 0.6) is 5.75 Å². The smallest absolute Gasteiger partial charge is 0.273 e. The van der Waals surface area contributed by atoms with Crippen LogP contribution in [-0.4, -0.2) is 29.8 Å². The van der Waals surface area contributed by atoms with E-state index in [-0.39, 0.29) is 11.7 Å². The highest BCUT2D eigenvalue weighted by molar-refractivity contribution is 6.04. The summed E-state index contributed by atoms with van der Waals surface area (Å²) in [6, 6.07) is 9.68. The molecular formula is C20H21FN4O2. The van der Waals surface area contributed by atoms with Crippen molar-refractivity contribution in [2.45, 2.75) is 25.3 Å². The van der Waals surface area contributed by atoms with Crippen molar-refractivity contribution in [2.24, 2.45) is 10.7 Å². The second kappa shape index (κ2) is 8.44. The van der Waals surface area contributed by atoms with Crippen molar-refractivity contribution in [3.63, 3.8) is 0 Å². The van der Waals surface area contributed by atoms with E-state index in [0.29, 0.717) is 6.42 Å². The monoisotopic (exact) mass is 368 g/mol. The van der Waals surface area contributed by atoms with Gasteiger partial charge in [-0.25, -0.2) is 9.37 Å². The Bertz CT molecular complexity index is 878. The summed E-state index contributed by atoms with van der Waals surface area (Å²) in [5, 5.41) is 2.82. The summed E-state index contributed by atoms with van der Waals surface area (Å²) in [5.74, 6) is -0.473. The molecule has 0 radical (unpaired) electrons. The molecule has 1 saturated carbocycles. The van der Waals surface area contributed by atoms with Gasteiger partial charge in [0.15, 0.2) is 11.5 Å². The van der Waals surface area contributed by atoms with Crippen LogP contribution in [0.4, 0.5) is 10.1 Å². The van der Waals surface area contributed by atoms with Gasteiger partial charge >= 0.3 is 0 Å². The van der Waals surface area contributed by atoms with E-state index in [1.807, 2.05) is 24.3 Å². The minimum absolute atomic E-state index is 0.229. The maximum Gasteiger partial charge on any atom is 0.273 e. The Hall–Kier alpha value is -3.22. The number of aromatic nitrogens is 1. The number of methoxy groups -OCH3 is 1. The second-order valence-electron chi connectivity index (χ2n) is 6.13. The number of amides is 1. The van der Waals surface area contributed by atoms with E-state index in [1.54, 1.807) is 7.11 Å². The predicted molar refractivity (Wildman–Crippen MR) is 102 cm³/mol. The minimum atomic E-state index is -0.656. The molecule has 1 aromatic heterocycles. The summed E-state index contributed by atoms with van der Waals surface area (Å²) in [7, 11) is 1.61. The Balaban J connectivity index is 1.80. The fourth-order valence-corrected chi connectivity index (χ4v) is 3.05. The summed E-state index contributed by atoms with van der Waals surface area (Å²) >= 11 is 0. The van der Waals surface area contributed by atoms with Gasteiger partial charge in [-0.2, -0.15) is 0 Å². The quantitative estimate of drug-likeness (QED) is 0.868. The highest BCUT2D eigenvalue weighted by Crippen LogP contribution is 2.26. The van der Waals surface area contributed by atoms with E-state index in [0.717, 1.165) is 35.6 Å². The summed E-state index contributed by atoms with van der Waals surface area (Å²) in [6.45, 7) is 0. The molecule has 2 aromatic rings. The van der Waals surface area contributed by atoms with Crippen LogP contribution in [0.2, 0.25) is 0 Å². The molecule has 1 aliphatic rings. The van der Waals surface area contributed by atoms with Gasteiger partial charge in [0.05, 0.1) is 18.8 Å². The molecule has 0 bridgehead atoms. The number of ether oxygens (including phenoxy) is 1. The van der Waals surface area contributed by atoms with Gasteiger partial charge in [0, 0.05) is 23.7 Å². The van der Waals surface area contributed by atoms with Crippen molar-refractivity contribution in [1.29, 1.82) is 0 Å². The molecule has 6 nitrogen and oxygen atoms in total. The molecule has 140 valence electrons. The topological polar surface area (TPSA) is 89.6 Å². The summed E-state index contributed by atoms with van der Waals surface area (Å²) in [5.41, 5.74) is 7.91. The molecule has 7 heteroatoms. The first-order chi connectivity index (χ1) is 13.1. The lowest BCUT2D eigenvalue weighted by Gasteiger charge is -2.27. The molecule has 1 aliphatic carbocycles. The Kier molecular flexibility index (Phi) is 5.80. The zero-order chi connectivity index (χ0) is 19.2. The molecule has 0 saturated heterocycles. The summed E-state index contributed by atoms with van der Waals surface area (Å²) < 4.78 is 19.0. The van der Waals surface area contributed by atoms with Crippen molar-refractivity contribution in [3.8, 4) is 5.75 Å². The highest BCUT2D eigenvalue weighted by Gasteiger charge is 2.27. The molecule has 27 heavy (non-hydrogen) atoms. The second-order valence-corrected chi connectivity index (χ2v) is 6.13. The van der Waals surface area contributed by atoms with Gasteiger partial charge in [0.2, 0.25) is 0 Å². The van der Waals surface area contributed by atoms with Crippen molar-refractivity contribution < 1.29 is 13.9 Å². The van der Waals surface area contributed by atoms with Crippen LogP contribution < -0.4 is 15.8 Å². The first kappa shape index (κ1) is 18.6. The van der Waals surface area contributed by atoms with Crippen LogP contribution in [0, 0.1) is 5.82 Å². The third-order valence-electron chi connectivity index (χ3n) is 4.41. The number of nitrogens with zero attached hydrogens (tertiary/aromatic N) is 2. The largest absolute Gasteiger partial charge is 0.497 e. The minimum Gasteiger partial charge on any atom is -0.497 e. The van der Waals surface area contributed by atoms with E-state index in [4.69, 9.17) is 10.5 Å². The third-order valence-corrected chi connectivity index (χ3v) is 4.41. The van der Waals surface area contributed by atoms with Gasteiger partial charge in [-0.1, -0.05) is 0 Å². The van der Waals surface area contributed by atoms with Crippen LogP contribution in [0.25, 0.3) is 0 Å². The van der Waals surface area contributed by atoms with Gasteiger partial charge in [0.25, 0.3) is 5.91 Å². The Labute approximate surface area is 157 Å². The molecule has 1 aromatic carbocycles. The fraction of sp³-hybridized carbons (Fsp3) is 0.250. The van der Waals surface area contributed by atoms with E-state index < -0.39 is 11.7 Å². The molecular weight excluding hydrogens is 347 g/mol. The van der Waals surface area contributed by atoms with Gasteiger partial charge in [-0.3, -0.25) is 9.79 Å². The number of nitrogens with two attached hydrogens (primary N) is 1. The Morgan fingerprint density at radius 3 is 2.81 bits per heavy atom. The maximum absolute atomic E-state index is 13.8. The van der Waals surface area contributed by atoms with E-state index >= 15 is 0 Å². The van der Waals surface area contributed by atoms with Crippen LogP contribution in [0.1, 0.15) is 29.8 Å². The number of carbonyl (C=O) groups excluding carboxylic acids is 1. The number of benzene rings is 1. The molecule has 3 rings (SSSR count). The fourth-order valence-electron chi connectivity index (χ4n) is 3.05. The molecule has 1 unspecified atom stereocenters. The van der Waals surface area contributed by atoms with Crippen molar-refractivity contribution in [3.05, 3.63) is 65.9 Å². The van der Waals surface area contributed by atoms with Crippen molar-refractivity contribution in [1.82, 2.24) is 10.3 Å². The average Bonchev–Trinajstić information content (AvgIpc) is 2.69. The number of pyridine rings is 1. The number of halogens is 1. The van der Waals surface area contributed by atoms with Crippen LogP contribution in [0.15, 0.2) is 59.4 Å². The summed E-state index contributed by atoms with van der Waals surface area (Å²) in [6.07, 6.45) is 5.13. The number of rotatable bonds is 4. The molecule has 1 amide bonds. The molecule has 0 spiro atoms. The van der Waals surface area contributed by atoms with Crippen molar-refractivity contribution >= 4 is 17.3 Å². The Morgan fingerprint density at radius 1 is 1.37 bits per heavy atom. The molecule has 1 heterocycles. The van der Waals surface area contributed by atoms with Crippen LogP contribution >= 0.6 is 0 Å². The van der Waals surface area contributed by atoms with Crippen molar-refractivity contribution in [2.75, 3.05) is 7.11 Å². The molecule has 3 N–H and O–H groups in total.